The summed E-state index contributed by atoms with van der Waals surface area (Å²) in [6.45, 7) is 8.47. The number of carbonyl (C=O) groups excluding carboxylic acids is 1. The SMILES string of the molecule is COc1ccc(N2CCN(c3cnc(C(=O)NCCC(C)C)cn3)CC2)cc1. The summed E-state index contributed by atoms with van der Waals surface area (Å²) in [6, 6.07) is 8.14. The molecule has 0 bridgehead atoms. The van der Waals surface area contributed by atoms with Crippen LogP contribution in [0.2, 0.25) is 0 Å². The highest BCUT2D eigenvalue weighted by Gasteiger charge is 2.19. The zero-order valence-corrected chi connectivity index (χ0v) is 16.9. The van der Waals surface area contributed by atoms with Gasteiger partial charge in [0.05, 0.1) is 19.5 Å². The third-order valence-corrected chi connectivity index (χ3v) is 4.92. The number of rotatable bonds is 7. The number of piperazine rings is 1. The van der Waals surface area contributed by atoms with Gasteiger partial charge in [0.2, 0.25) is 0 Å². The molecule has 0 atom stereocenters. The highest BCUT2D eigenvalue weighted by molar-refractivity contribution is 5.91. The van der Waals surface area contributed by atoms with Gasteiger partial charge in [-0.2, -0.15) is 0 Å². The fourth-order valence-electron chi connectivity index (χ4n) is 3.15. The van der Waals surface area contributed by atoms with Gasteiger partial charge in [0.1, 0.15) is 17.3 Å². The minimum Gasteiger partial charge on any atom is -0.497 e. The van der Waals surface area contributed by atoms with E-state index in [0.29, 0.717) is 18.2 Å². The molecule has 0 unspecified atom stereocenters. The maximum Gasteiger partial charge on any atom is 0.271 e. The van der Waals surface area contributed by atoms with Gasteiger partial charge in [0.15, 0.2) is 0 Å². The molecular formula is C21H29N5O2. The van der Waals surface area contributed by atoms with Crippen LogP contribution in [0.1, 0.15) is 30.8 Å². The first-order chi connectivity index (χ1) is 13.6. The summed E-state index contributed by atoms with van der Waals surface area (Å²) in [6.07, 6.45) is 4.21. The lowest BCUT2D eigenvalue weighted by Gasteiger charge is -2.36. The number of carbonyl (C=O) groups is 1. The number of nitrogens with zero attached hydrogens (tertiary/aromatic N) is 4. The summed E-state index contributed by atoms with van der Waals surface area (Å²) in [5.74, 6) is 2.08. The fourth-order valence-corrected chi connectivity index (χ4v) is 3.15. The van der Waals surface area contributed by atoms with Crippen molar-refractivity contribution >= 4 is 17.4 Å². The Hall–Kier alpha value is -2.83. The largest absolute Gasteiger partial charge is 0.497 e. The third kappa shape index (κ3) is 5.12. The van der Waals surface area contributed by atoms with Gasteiger partial charge in [-0.15, -0.1) is 0 Å². The molecule has 3 rings (SSSR count). The summed E-state index contributed by atoms with van der Waals surface area (Å²) < 4.78 is 5.22. The van der Waals surface area contributed by atoms with Crippen molar-refractivity contribution in [2.45, 2.75) is 20.3 Å². The molecule has 1 amide bonds. The van der Waals surface area contributed by atoms with Crippen LogP contribution in [0.5, 0.6) is 5.75 Å². The molecule has 0 radical (unpaired) electrons. The van der Waals surface area contributed by atoms with Crippen molar-refractivity contribution in [3.8, 4) is 5.75 Å². The lowest BCUT2D eigenvalue weighted by atomic mass is 10.1. The maximum absolute atomic E-state index is 12.1. The summed E-state index contributed by atoms with van der Waals surface area (Å²) in [7, 11) is 1.68. The van der Waals surface area contributed by atoms with Gasteiger partial charge in [-0.05, 0) is 36.6 Å². The lowest BCUT2D eigenvalue weighted by molar-refractivity contribution is 0.0946. The van der Waals surface area contributed by atoms with Crippen LogP contribution < -0.4 is 19.9 Å². The van der Waals surface area contributed by atoms with Gasteiger partial charge in [0.25, 0.3) is 5.91 Å². The lowest BCUT2D eigenvalue weighted by Crippen LogP contribution is -2.46. The van der Waals surface area contributed by atoms with Gasteiger partial charge >= 0.3 is 0 Å². The van der Waals surface area contributed by atoms with Crippen LogP contribution >= 0.6 is 0 Å². The van der Waals surface area contributed by atoms with Crippen molar-refractivity contribution < 1.29 is 9.53 Å². The number of ether oxygens (including phenoxy) is 1. The Bertz CT molecular complexity index is 753. The van der Waals surface area contributed by atoms with Gasteiger partial charge in [-0.25, -0.2) is 9.97 Å². The molecule has 7 heteroatoms. The van der Waals surface area contributed by atoms with E-state index in [-0.39, 0.29) is 5.91 Å². The van der Waals surface area contributed by atoms with E-state index in [1.807, 2.05) is 12.1 Å². The molecule has 0 spiro atoms. The molecule has 1 fully saturated rings. The zero-order valence-electron chi connectivity index (χ0n) is 16.9. The summed E-state index contributed by atoms with van der Waals surface area (Å²) >= 11 is 0. The topological polar surface area (TPSA) is 70.6 Å². The number of nitrogens with one attached hydrogen (secondary N) is 1. The molecule has 1 saturated heterocycles. The smallest absolute Gasteiger partial charge is 0.271 e. The summed E-state index contributed by atoms with van der Waals surface area (Å²) in [5, 5.41) is 2.89. The zero-order chi connectivity index (χ0) is 19.9. The van der Waals surface area contributed by atoms with Gasteiger partial charge in [-0.3, -0.25) is 4.79 Å². The third-order valence-electron chi connectivity index (χ3n) is 4.92. The molecule has 2 aromatic rings. The van der Waals surface area contributed by atoms with E-state index in [2.05, 4.69) is 51.1 Å². The Labute approximate surface area is 166 Å². The molecule has 0 aliphatic carbocycles. The number of methoxy groups -OCH3 is 1. The second-order valence-electron chi connectivity index (χ2n) is 7.37. The van der Waals surface area contributed by atoms with Crippen LogP contribution in [0.3, 0.4) is 0 Å². The van der Waals surface area contributed by atoms with E-state index < -0.39 is 0 Å². The molecule has 28 heavy (non-hydrogen) atoms. The Morgan fingerprint density at radius 1 is 1.07 bits per heavy atom. The van der Waals surface area contributed by atoms with Crippen LogP contribution in [0.15, 0.2) is 36.7 Å². The number of aromatic nitrogens is 2. The van der Waals surface area contributed by atoms with Crippen molar-refractivity contribution in [2.24, 2.45) is 5.92 Å². The first-order valence-corrected chi connectivity index (χ1v) is 9.81. The number of hydrogen-bond donors (Lipinski definition) is 1. The van der Waals surface area contributed by atoms with Crippen molar-refractivity contribution in [1.82, 2.24) is 15.3 Å². The predicted octanol–water partition coefficient (Wildman–Crippen LogP) is 2.59. The van der Waals surface area contributed by atoms with Crippen molar-refractivity contribution in [1.29, 1.82) is 0 Å². The minimum absolute atomic E-state index is 0.163. The minimum atomic E-state index is -0.163. The van der Waals surface area contributed by atoms with E-state index >= 15 is 0 Å². The Morgan fingerprint density at radius 3 is 2.32 bits per heavy atom. The molecule has 0 saturated carbocycles. The van der Waals surface area contributed by atoms with Crippen LogP contribution in [-0.2, 0) is 0 Å². The molecule has 7 nitrogen and oxygen atoms in total. The van der Waals surface area contributed by atoms with Gasteiger partial charge < -0.3 is 19.9 Å². The van der Waals surface area contributed by atoms with Gasteiger partial charge in [0, 0.05) is 38.4 Å². The van der Waals surface area contributed by atoms with E-state index in [0.717, 1.165) is 44.2 Å². The normalized spacial score (nSPS) is 14.3. The standard InChI is InChI=1S/C21H29N5O2/c1-16(2)8-9-22-21(27)19-14-24-20(15-23-19)26-12-10-25(11-13-26)17-4-6-18(28-3)7-5-17/h4-7,14-16H,8-13H2,1-3H3,(H,22,27). The Morgan fingerprint density at radius 2 is 1.75 bits per heavy atom. The predicted molar refractivity (Wildman–Crippen MR) is 111 cm³/mol. The Balaban J connectivity index is 1.52. The summed E-state index contributed by atoms with van der Waals surface area (Å²) in [5.41, 5.74) is 1.56. The monoisotopic (exact) mass is 383 g/mol. The van der Waals surface area contributed by atoms with E-state index in [4.69, 9.17) is 4.74 Å². The Kier molecular flexibility index (Phi) is 6.68. The van der Waals surface area contributed by atoms with E-state index in [9.17, 15) is 4.79 Å². The molecule has 1 N–H and O–H groups in total. The number of hydrogen-bond acceptors (Lipinski definition) is 6. The number of anilines is 2. The number of benzene rings is 1. The molecule has 1 aliphatic rings. The first-order valence-electron chi connectivity index (χ1n) is 9.81. The van der Waals surface area contributed by atoms with Crippen molar-refractivity contribution in [2.75, 3.05) is 49.6 Å². The molecule has 1 aliphatic heterocycles. The number of amides is 1. The molecule has 1 aromatic carbocycles. The molecule has 1 aromatic heterocycles. The first kappa shape index (κ1) is 19.9. The maximum atomic E-state index is 12.1. The van der Waals surface area contributed by atoms with Crippen LogP contribution in [0.25, 0.3) is 0 Å². The molecular weight excluding hydrogens is 354 g/mol. The molecule has 150 valence electrons. The highest BCUT2D eigenvalue weighted by atomic mass is 16.5. The second-order valence-corrected chi connectivity index (χ2v) is 7.37. The average Bonchev–Trinajstić information content (AvgIpc) is 2.74. The highest BCUT2D eigenvalue weighted by Crippen LogP contribution is 2.21. The van der Waals surface area contributed by atoms with E-state index in [1.165, 1.54) is 5.69 Å². The van der Waals surface area contributed by atoms with Gasteiger partial charge in [-0.1, -0.05) is 13.8 Å². The average molecular weight is 383 g/mol. The quantitative estimate of drug-likeness (QED) is 0.792. The van der Waals surface area contributed by atoms with E-state index in [1.54, 1.807) is 19.5 Å². The van der Waals surface area contributed by atoms with Crippen molar-refractivity contribution in [3.05, 3.63) is 42.4 Å². The second kappa shape index (κ2) is 9.39. The van der Waals surface area contributed by atoms with Crippen molar-refractivity contribution in [3.63, 3.8) is 0 Å². The summed E-state index contributed by atoms with van der Waals surface area (Å²) in [4.78, 5) is 25.4. The molecule has 2 heterocycles. The fraction of sp³-hybridized carbons (Fsp3) is 0.476. The van der Waals surface area contributed by atoms with Crippen LogP contribution in [0, 0.1) is 5.92 Å². The van der Waals surface area contributed by atoms with Crippen LogP contribution in [0.4, 0.5) is 11.5 Å². The van der Waals surface area contributed by atoms with Crippen LogP contribution in [-0.4, -0.2) is 55.7 Å².